The Balaban J connectivity index is 1.92. The molecule has 96 valence electrons. The zero-order valence-corrected chi connectivity index (χ0v) is 10.1. The Hall–Kier alpha value is -1.65. The van der Waals surface area contributed by atoms with Gasteiger partial charge in [0.1, 0.15) is 5.41 Å². The van der Waals surface area contributed by atoms with Crippen molar-refractivity contribution in [2.75, 3.05) is 0 Å². The van der Waals surface area contributed by atoms with E-state index in [2.05, 4.69) is 5.32 Å². The molecule has 18 heavy (non-hydrogen) atoms. The zero-order valence-electron chi connectivity index (χ0n) is 10.1. The number of hydrogen-bond acceptors (Lipinski definition) is 3. The maximum Gasteiger partial charge on any atom is 0.331 e. The maximum absolute atomic E-state index is 12.6. The van der Waals surface area contributed by atoms with Crippen LogP contribution < -0.4 is 5.32 Å². The molecule has 1 aliphatic heterocycles. The Labute approximate surface area is 105 Å². The topological polar surface area (TPSA) is 66.5 Å². The minimum atomic E-state index is -0.962. The molecule has 0 unspecified atom stereocenters. The Kier molecular flexibility index (Phi) is 2.50. The van der Waals surface area contributed by atoms with Crippen molar-refractivity contribution >= 4 is 17.8 Å². The molecule has 2 fully saturated rings. The first kappa shape index (κ1) is 11.4. The lowest BCUT2D eigenvalue weighted by Gasteiger charge is -2.39. The summed E-state index contributed by atoms with van der Waals surface area (Å²) in [5.41, 5.74) is -0.962. The summed E-state index contributed by atoms with van der Waals surface area (Å²) in [4.78, 5) is 37.8. The van der Waals surface area contributed by atoms with Crippen molar-refractivity contribution in [1.29, 1.82) is 0 Å². The highest BCUT2D eigenvalue weighted by Crippen LogP contribution is 2.42. The molecule has 1 saturated heterocycles. The molecule has 3 rings (SSSR count). The number of amides is 4. The van der Waals surface area contributed by atoms with E-state index in [1.165, 1.54) is 4.90 Å². The number of imide groups is 2. The summed E-state index contributed by atoms with van der Waals surface area (Å²) in [5, 5.41) is 2.37. The predicted octanol–water partition coefficient (Wildman–Crippen LogP) is 1.34. The summed E-state index contributed by atoms with van der Waals surface area (Å²) in [6, 6.07) is -0.653. The van der Waals surface area contributed by atoms with Gasteiger partial charge in [-0.15, -0.1) is 0 Å². The first-order valence-electron chi connectivity index (χ1n) is 6.49. The molecule has 0 atom stereocenters. The summed E-state index contributed by atoms with van der Waals surface area (Å²) in [5.74, 6) is -0.667. The Morgan fingerprint density at radius 1 is 1.11 bits per heavy atom. The second-order valence-electron chi connectivity index (χ2n) is 5.32. The number of barbiturate groups is 1. The molecule has 5 nitrogen and oxygen atoms in total. The van der Waals surface area contributed by atoms with Crippen LogP contribution in [0.1, 0.15) is 38.5 Å². The highest BCUT2D eigenvalue weighted by molar-refractivity contribution is 6.19. The van der Waals surface area contributed by atoms with Crippen LogP contribution in [0.5, 0.6) is 0 Å². The fraction of sp³-hybridized carbons (Fsp3) is 0.615. The van der Waals surface area contributed by atoms with E-state index in [0.29, 0.717) is 25.7 Å². The van der Waals surface area contributed by atoms with Crippen molar-refractivity contribution in [2.45, 2.75) is 44.6 Å². The minimum absolute atomic E-state index is 0.108. The van der Waals surface area contributed by atoms with Crippen molar-refractivity contribution in [1.82, 2.24) is 10.2 Å². The summed E-state index contributed by atoms with van der Waals surface area (Å²) in [6.07, 6.45) is 8.25. The van der Waals surface area contributed by atoms with Gasteiger partial charge in [-0.3, -0.25) is 19.8 Å². The van der Waals surface area contributed by atoms with E-state index in [-0.39, 0.29) is 11.9 Å². The highest BCUT2D eigenvalue weighted by Gasteiger charge is 2.56. The third-order valence-corrected chi connectivity index (χ3v) is 4.31. The second kappa shape index (κ2) is 3.93. The van der Waals surface area contributed by atoms with E-state index >= 15 is 0 Å². The van der Waals surface area contributed by atoms with Crippen molar-refractivity contribution in [2.24, 2.45) is 5.41 Å². The van der Waals surface area contributed by atoms with Crippen molar-refractivity contribution in [3.05, 3.63) is 12.2 Å². The first-order valence-corrected chi connectivity index (χ1v) is 6.49. The van der Waals surface area contributed by atoms with E-state index in [4.69, 9.17) is 0 Å². The molecule has 4 amide bonds. The van der Waals surface area contributed by atoms with Crippen LogP contribution in [0.15, 0.2) is 12.2 Å². The van der Waals surface area contributed by atoms with E-state index in [1.807, 2.05) is 12.2 Å². The number of nitrogens with one attached hydrogen (secondary N) is 1. The highest BCUT2D eigenvalue weighted by atomic mass is 16.2. The molecule has 3 aliphatic rings. The van der Waals surface area contributed by atoms with Crippen LogP contribution >= 0.6 is 0 Å². The molecule has 5 heteroatoms. The van der Waals surface area contributed by atoms with Gasteiger partial charge in [0.15, 0.2) is 0 Å². The number of nitrogens with zero attached hydrogens (tertiary/aromatic N) is 1. The van der Waals surface area contributed by atoms with Crippen LogP contribution in [-0.4, -0.2) is 28.8 Å². The molecule has 0 aromatic heterocycles. The van der Waals surface area contributed by atoms with Gasteiger partial charge in [0.05, 0.1) is 0 Å². The van der Waals surface area contributed by atoms with E-state index in [9.17, 15) is 14.4 Å². The summed E-state index contributed by atoms with van der Waals surface area (Å²) < 4.78 is 0. The molecule has 0 radical (unpaired) electrons. The van der Waals surface area contributed by atoms with Crippen LogP contribution in [-0.2, 0) is 9.59 Å². The van der Waals surface area contributed by atoms with Crippen LogP contribution in [0.25, 0.3) is 0 Å². The average Bonchev–Trinajstić information content (AvgIpc) is 2.99. The van der Waals surface area contributed by atoms with Gasteiger partial charge in [0.2, 0.25) is 11.8 Å². The number of hydrogen-bond donors (Lipinski definition) is 1. The van der Waals surface area contributed by atoms with Crippen molar-refractivity contribution < 1.29 is 14.4 Å². The number of urea groups is 1. The maximum atomic E-state index is 12.6. The monoisotopic (exact) mass is 248 g/mol. The lowest BCUT2D eigenvalue weighted by atomic mass is 9.81. The quantitative estimate of drug-likeness (QED) is 0.562. The van der Waals surface area contributed by atoms with Crippen LogP contribution in [0.2, 0.25) is 0 Å². The van der Waals surface area contributed by atoms with E-state index in [0.717, 1.165) is 12.8 Å². The van der Waals surface area contributed by atoms with Crippen molar-refractivity contribution in [3.8, 4) is 0 Å². The van der Waals surface area contributed by atoms with Gasteiger partial charge in [-0.2, -0.15) is 0 Å². The Morgan fingerprint density at radius 2 is 1.72 bits per heavy atom. The lowest BCUT2D eigenvalue weighted by molar-refractivity contribution is -0.152. The van der Waals surface area contributed by atoms with Gasteiger partial charge in [-0.1, -0.05) is 25.0 Å². The van der Waals surface area contributed by atoms with Crippen LogP contribution in [0.4, 0.5) is 4.79 Å². The summed E-state index contributed by atoms with van der Waals surface area (Å²) in [6.45, 7) is 0. The third-order valence-electron chi connectivity index (χ3n) is 4.31. The molecule has 1 heterocycles. The molecular weight excluding hydrogens is 232 g/mol. The molecule has 2 aliphatic carbocycles. The Morgan fingerprint density at radius 3 is 2.33 bits per heavy atom. The van der Waals surface area contributed by atoms with Crippen LogP contribution in [0, 0.1) is 5.41 Å². The van der Waals surface area contributed by atoms with Gasteiger partial charge in [-0.25, -0.2) is 4.79 Å². The summed E-state index contributed by atoms with van der Waals surface area (Å²) >= 11 is 0. The van der Waals surface area contributed by atoms with Gasteiger partial charge in [0, 0.05) is 6.04 Å². The average molecular weight is 248 g/mol. The number of carbonyl (C=O) groups excluding carboxylic acids is 3. The van der Waals surface area contributed by atoms with Crippen molar-refractivity contribution in [3.63, 3.8) is 0 Å². The molecule has 0 aromatic carbocycles. The molecule has 1 saturated carbocycles. The standard InChI is InChI=1S/C13H16N2O3/c16-10-13(7-3-4-8-13)11(17)15(12(18)14-10)9-5-1-2-6-9/h1-2,9H,3-8H2,(H,14,16,18). The molecule has 1 spiro atoms. The van der Waals surface area contributed by atoms with Gasteiger partial charge < -0.3 is 0 Å². The first-order chi connectivity index (χ1) is 8.65. The zero-order chi connectivity index (χ0) is 12.8. The molecule has 1 N–H and O–H groups in total. The normalized spacial score (nSPS) is 27.3. The fourth-order valence-electron chi connectivity index (χ4n) is 3.26. The van der Waals surface area contributed by atoms with Gasteiger partial charge in [0.25, 0.3) is 0 Å². The molecule has 0 aromatic rings. The van der Waals surface area contributed by atoms with Crippen LogP contribution in [0.3, 0.4) is 0 Å². The van der Waals surface area contributed by atoms with Gasteiger partial charge in [-0.05, 0) is 25.7 Å². The fourth-order valence-corrected chi connectivity index (χ4v) is 3.26. The predicted molar refractivity (Wildman–Crippen MR) is 63.4 cm³/mol. The third kappa shape index (κ3) is 1.43. The minimum Gasteiger partial charge on any atom is -0.277 e. The number of carbonyl (C=O) groups is 3. The molecule has 0 bridgehead atoms. The van der Waals surface area contributed by atoms with E-state index in [1.54, 1.807) is 0 Å². The second-order valence-corrected chi connectivity index (χ2v) is 5.32. The van der Waals surface area contributed by atoms with E-state index < -0.39 is 17.4 Å². The number of rotatable bonds is 1. The lowest BCUT2D eigenvalue weighted by Crippen LogP contribution is -2.65. The smallest absolute Gasteiger partial charge is 0.277 e. The Bertz CT molecular complexity index is 441. The molecular formula is C13H16N2O3. The SMILES string of the molecule is O=C1NC(=O)C2(CCCC2)C(=O)N1C1CC=CC1. The van der Waals surface area contributed by atoms with Gasteiger partial charge >= 0.3 is 6.03 Å². The largest absolute Gasteiger partial charge is 0.331 e. The summed E-state index contributed by atoms with van der Waals surface area (Å²) in [7, 11) is 0.